The van der Waals surface area contributed by atoms with Gasteiger partial charge in [0.2, 0.25) is 5.88 Å². The highest BCUT2D eigenvalue weighted by Gasteiger charge is 2.15. The molecule has 0 spiro atoms. The number of thiophene rings is 1. The number of rotatable bonds is 6. The Morgan fingerprint density at radius 1 is 1.00 bits per heavy atom. The van der Waals surface area contributed by atoms with Crippen LogP contribution in [0.5, 0.6) is 11.6 Å². The summed E-state index contributed by atoms with van der Waals surface area (Å²) in [6, 6.07) is 19.7. The molecule has 0 saturated heterocycles. The average molecular weight is 426 g/mol. The summed E-state index contributed by atoms with van der Waals surface area (Å²) < 4.78 is 13.9. The van der Waals surface area contributed by atoms with E-state index < -0.39 is 0 Å². The first-order chi connectivity index (χ1) is 15.4. The Morgan fingerprint density at radius 2 is 1.87 bits per heavy atom. The molecule has 152 valence electrons. The molecule has 3 aromatic heterocycles. The molecular formula is C25H19N3O2S. The quantitative estimate of drug-likeness (QED) is 0.266. The van der Waals surface area contributed by atoms with E-state index in [0.29, 0.717) is 25.6 Å². The largest absolute Gasteiger partial charge is 0.437 e. The summed E-state index contributed by atoms with van der Waals surface area (Å²) >= 11 is 1.64. The zero-order chi connectivity index (χ0) is 20.9. The first-order valence-corrected chi connectivity index (χ1v) is 10.9. The standard InChI is InChI=1S/C25H19N3O2S/c1-2-8-20(9-3-1)30-25-23-24(21-10-4-5-11-22(21)27-25)28(18-26-23)13-15-29-14-6-7-19-12-16-31-17-19/h1-5,8-12,16-18H,13-15H2. The first-order valence-electron chi connectivity index (χ1n) is 9.94. The van der Waals surface area contributed by atoms with Crippen LogP contribution in [0.3, 0.4) is 0 Å². The molecule has 3 heterocycles. The first kappa shape index (κ1) is 19.3. The molecule has 0 aliphatic carbocycles. The molecule has 0 bridgehead atoms. The summed E-state index contributed by atoms with van der Waals surface area (Å²) in [6.07, 6.45) is 1.82. The molecule has 6 heteroatoms. The fraction of sp³-hybridized carbons (Fsp3) is 0.120. The van der Waals surface area contributed by atoms with Gasteiger partial charge in [0.15, 0.2) is 5.52 Å². The number of hydrogen-bond acceptors (Lipinski definition) is 5. The molecule has 0 saturated carbocycles. The van der Waals surface area contributed by atoms with Gasteiger partial charge in [0.05, 0.1) is 24.0 Å². The molecule has 5 aromatic rings. The Labute approximate surface area is 183 Å². The fourth-order valence-corrected chi connectivity index (χ4v) is 3.94. The number of para-hydroxylation sites is 2. The molecule has 5 rings (SSSR count). The Hall–Kier alpha value is -3.66. The summed E-state index contributed by atoms with van der Waals surface area (Å²) in [7, 11) is 0. The maximum atomic E-state index is 6.07. The number of nitrogens with zero attached hydrogens (tertiary/aromatic N) is 3. The smallest absolute Gasteiger partial charge is 0.248 e. The van der Waals surface area contributed by atoms with Crippen molar-refractivity contribution in [3.05, 3.63) is 83.3 Å². The number of pyridine rings is 1. The predicted molar refractivity (Wildman–Crippen MR) is 124 cm³/mol. The van der Waals surface area contributed by atoms with E-state index in [1.807, 2.05) is 71.7 Å². The van der Waals surface area contributed by atoms with Crippen LogP contribution >= 0.6 is 11.3 Å². The maximum Gasteiger partial charge on any atom is 0.248 e. The lowest BCUT2D eigenvalue weighted by Crippen LogP contribution is -2.05. The van der Waals surface area contributed by atoms with Gasteiger partial charge in [-0.25, -0.2) is 9.97 Å². The molecule has 5 nitrogen and oxygen atoms in total. The van der Waals surface area contributed by atoms with Crippen LogP contribution in [0.2, 0.25) is 0 Å². The van der Waals surface area contributed by atoms with E-state index in [4.69, 9.17) is 14.5 Å². The normalized spacial score (nSPS) is 10.8. The number of fused-ring (bicyclic) bond motifs is 3. The highest BCUT2D eigenvalue weighted by Crippen LogP contribution is 2.32. The Bertz CT molecular complexity index is 1370. The molecule has 31 heavy (non-hydrogen) atoms. The highest BCUT2D eigenvalue weighted by molar-refractivity contribution is 7.08. The summed E-state index contributed by atoms with van der Waals surface area (Å²) in [5, 5.41) is 5.08. The number of ether oxygens (including phenoxy) is 2. The Balaban J connectivity index is 1.38. The van der Waals surface area contributed by atoms with Crippen molar-refractivity contribution in [2.75, 3.05) is 13.2 Å². The van der Waals surface area contributed by atoms with Crippen molar-refractivity contribution in [1.82, 2.24) is 14.5 Å². The van der Waals surface area contributed by atoms with Gasteiger partial charge in [-0.2, -0.15) is 11.3 Å². The minimum atomic E-state index is 0.396. The average Bonchev–Trinajstić information content (AvgIpc) is 3.47. The molecule has 0 N–H and O–H groups in total. The molecule has 0 radical (unpaired) electrons. The van der Waals surface area contributed by atoms with Crippen molar-refractivity contribution in [3.63, 3.8) is 0 Å². The summed E-state index contributed by atoms with van der Waals surface area (Å²) in [5.41, 5.74) is 3.62. The minimum absolute atomic E-state index is 0.396. The van der Waals surface area contributed by atoms with Crippen molar-refractivity contribution in [1.29, 1.82) is 0 Å². The summed E-state index contributed by atoms with van der Waals surface area (Å²) in [6.45, 7) is 1.60. The topological polar surface area (TPSA) is 49.2 Å². The maximum absolute atomic E-state index is 6.07. The lowest BCUT2D eigenvalue weighted by atomic mass is 10.2. The second-order valence-corrected chi connectivity index (χ2v) is 7.63. The van der Waals surface area contributed by atoms with E-state index in [9.17, 15) is 0 Å². The van der Waals surface area contributed by atoms with Crippen LogP contribution in [0.1, 0.15) is 5.56 Å². The van der Waals surface area contributed by atoms with Crippen molar-refractivity contribution >= 4 is 33.3 Å². The Morgan fingerprint density at radius 3 is 2.74 bits per heavy atom. The van der Waals surface area contributed by atoms with Gasteiger partial charge in [0.25, 0.3) is 0 Å². The van der Waals surface area contributed by atoms with Gasteiger partial charge in [-0.1, -0.05) is 48.2 Å². The second kappa shape index (κ2) is 9.00. The van der Waals surface area contributed by atoms with E-state index in [-0.39, 0.29) is 0 Å². The number of imidazole rings is 1. The molecule has 0 fully saturated rings. The molecule has 0 amide bonds. The summed E-state index contributed by atoms with van der Waals surface area (Å²) in [5.74, 6) is 7.38. The van der Waals surface area contributed by atoms with Crippen LogP contribution in [0.15, 0.2) is 77.8 Å². The molecule has 2 aromatic carbocycles. The van der Waals surface area contributed by atoms with E-state index in [1.165, 1.54) is 0 Å². The minimum Gasteiger partial charge on any atom is -0.437 e. The Kier molecular flexibility index (Phi) is 5.61. The van der Waals surface area contributed by atoms with Gasteiger partial charge in [-0.3, -0.25) is 0 Å². The van der Waals surface area contributed by atoms with Crippen LogP contribution in [0.25, 0.3) is 21.9 Å². The SMILES string of the molecule is C(#Cc1ccsc1)COCCn1cnc2c(Oc3ccccc3)nc3ccccc3c21. The third-order valence-corrected chi connectivity index (χ3v) is 5.47. The van der Waals surface area contributed by atoms with Crippen LogP contribution in [-0.2, 0) is 11.3 Å². The predicted octanol–water partition coefficient (Wildman–Crippen LogP) is 5.51. The van der Waals surface area contributed by atoms with Crippen LogP contribution in [-0.4, -0.2) is 27.7 Å². The number of aromatic nitrogens is 3. The van der Waals surface area contributed by atoms with Crippen LogP contribution in [0, 0.1) is 11.8 Å². The van der Waals surface area contributed by atoms with Crippen molar-refractivity contribution in [3.8, 4) is 23.5 Å². The van der Waals surface area contributed by atoms with Gasteiger partial charge in [-0.05, 0) is 29.6 Å². The third kappa shape index (κ3) is 4.29. The van der Waals surface area contributed by atoms with Gasteiger partial charge >= 0.3 is 0 Å². The van der Waals surface area contributed by atoms with Gasteiger partial charge in [-0.15, -0.1) is 0 Å². The van der Waals surface area contributed by atoms with E-state index in [0.717, 1.165) is 33.2 Å². The zero-order valence-electron chi connectivity index (χ0n) is 16.7. The molecule has 0 unspecified atom stereocenters. The third-order valence-electron chi connectivity index (χ3n) is 4.78. The fourth-order valence-electron chi connectivity index (χ4n) is 3.36. The molecule has 0 atom stereocenters. The van der Waals surface area contributed by atoms with Crippen LogP contribution < -0.4 is 4.74 Å². The monoisotopic (exact) mass is 425 g/mol. The van der Waals surface area contributed by atoms with Gasteiger partial charge in [0, 0.05) is 22.9 Å². The van der Waals surface area contributed by atoms with Crippen molar-refractivity contribution in [2.45, 2.75) is 6.54 Å². The molecule has 0 aliphatic heterocycles. The summed E-state index contributed by atoms with van der Waals surface area (Å²) in [4.78, 5) is 9.32. The van der Waals surface area contributed by atoms with E-state index in [2.05, 4.69) is 27.5 Å². The van der Waals surface area contributed by atoms with Gasteiger partial charge in [0.1, 0.15) is 12.4 Å². The lowest BCUT2D eigenvalue weighted by molar-refractivity contribution is 0.158. The van der Waals surface area contributed by atoms with Crippen molar-refractivity contribution in [2.24, 2.45) is 0 Å². The lowest BCUT2D eigenvalue weighted by Gasteiger charge is -2.10. The van der Waals surface area contributed by atoms with E-state index >= 15 is 0 Å². The zero-order valence-corrected chi connectivity index (χ0v) is 17.5. The second-order valence-electron chi connectivity index (χ2n) is 6.85. The molecular weight excluding hydrogens is 406 g/mol. The molecule has 0 aliphatic rings. The van der Waals surface area contributed by atoms with Crippen LogP contribution in [0.4, 0.5) is 0 Å². The van der Waals surface area contributed by atoms with Crippen molar-refractivity contribution < 1.29 is 9.47 Å². The highest BCUT2D eigenvalue weighted by atomic mass is 32.1. The van der Waals surface area contributed by atoms with Gasteiger partial charge < -0.3 is 14.0 Å². The number of benzene rings is 2. The number of hydrogen-bond donors (Lipinski definition) is 0. The van der Waals surface area contributed by atoms with E-state index in [1.54, 1.807) is 11.3 Å².